The molecule has 0 aliphatic rings. The van der Waals surface area contributed by atoms with Crippen molar-refractivity contribution in [3.63, 3.8) is 0 Å². The number of hydrogen-bond donors (Lipinski definition) is 3. The zero-order chi connectivity index (χ0) is 21.8. The summed E-state index contributed by atoms with van der Waals surface area (Å²) < 4.78 is 0. The summed E-state index contributed by atoms with van der Waals surface area (Å²) in [6.07, 6.45) is 1.01. The lowest BCUT2D eigenvalue weighted by molar-refractivity contribution is 0.0963. The van der Waals surface area contributed by atoms with Gasteiger partial charge in [0.25, 0.3) is 5.91 Å². The summed E-state index contributed by atoms with van der Waals surface area (Å²) in [6.45, 7) is 7.40. The van der Waals surface area contributed by atoms with Crippen LogP contribution in [0.4, 0.5) is 0 Å². The fourth-order valence-corrected chi connectivity index (χ4v) is 3.11. The molecule has 0 saturated carbocycles. The second kappa shape index (κ2) is 12.6. The molecule has 0 aliphatic heterocycles. The van der Waals surface area contributed by atoms with Crippen LogP contribution in [0.25, 0.3) is 0 Å². The maximum absolute atomic E-state index is 11.8. The molecule has 0 radical (unpaired) electrons. The molecule has 0 aliphatic carbocycles. The van der Waals surface area contributed by atoms with E-state index < -0.39 is 0 Å². The van der Waals surface area contributed by atoms with Crippen LogP contribution >= 0.6 is 0 Å². The van der Waals surface area contributed by atoms with Crippen LogP contribution in [0.15, 0.2) is 59.6 Å². The van der Waals surface area contributed by atoms with E-state index in [2.05, 4.69) is 71.0 Å². The van der Waals surface area contributed by atoms with E-state index in [1.165, 1.54) is 5.56 Å². The van der Waals surface area contributed by atoms with Crippen molar-refractivity contribution in [2.45, 2.75) is 39.4 Å². The lowest BCUT2D eigenvalue weighted by atomic mass is 10.1. The Balaban J connectivity index is 1.85. The highest BCUT2D eigenvalue weighted by atomic mass is 16.1. The van der Waals surface area contributed by atoms with Crippen LogP contribution in [0.5, 0.6) is 0 Å². The topological polar surface area (TPSA) is 68.8 Å². The molecule has 1 amide bonds. The third-order valence-corrected chi connectivity index (χ3v) is 5.06. The number of benzene rings is 2. The lowest BCUT2D eigenvalue weighted by Crippen LogP contribution is -2.40. The van der Waals surface area contributed by atoms with Crippen molar-refractivity contribution >= 4 is 11.9 Å². The van der Waals surface area contributed by atoms with Gasteiger partial charge in [-0.2, -0.15) is 0 Å². The molecule has 0 saturated heterocycles. The largest absolute Gasteiger partial charge is 0.357 e. The summed E-state index contributed by atoms with van der Waals surface area (Å²) in [5.41, 5.74) is 2.98. The summed E-state index contributed by atoms with van der Waals surface area (Å²) in [7, 11) is 3.80. The average Bonchev–Trinajstić information content (AvgIpc) is 2.77. The molecule has 1 atom stereocenters. The quantitative estimate of drug-likeness (QED) is 0.417. The molecule has 3 N–H and O–H groups in total. The molecule has 1 unspecified atom stereocenters. The molecule has 6 heteroatoms. The summed E-state index contributed by atoms with van der Waals surface area (Å²) in [5, 5.41) is 9.37. The Bertz CT molecular complexity index is 806. The molecular formula is C24H35N5O. The SMILES string of the molecule is CCNC(=NCc1cccc(C(=O)NC)c1)NCCC(C)N(C)Cc1ccccc1. The van der Waals surface area contributed by atoms with Crippen molar-refractivity contribution in [2.24, 2.45) is 4.99 Å². The molecule has 2 aromatic rings. The third kappa shape index (κ3) is 7.87. The van der Waals surface area contributed by atoms with Crippen LogP contribution in [-0.4, -0.2) is 50.0 Å². The number of carbonyl (C=O) groups excluding carboxylic acids is 1. The summed E-state index contributed by atoms with van der Waals surface area (Å²) >= 11 is 0. The van der Waals surface area contributed by atoms with Gasteiger partial charge in [-0.1, -0.05) is 42.5 Å². The number of amides is 1. The number of carbonyl (C=O) groups is 1. The highest BCUT2D eigenvalue weighted by Gasteiger charge is 2.10. The Morgan fingerprint density at radius 2 is 1.80 bits per heavy atom. The van der Waals surface area contributed by atoms with Gasteiger partial charge in [-0.3, -0.25) is 9.69 Å². The zero-order valence-electron chi connectivity index (χ0n) is 18.6. The third-order valence-electron chi connectivity index (χ3n) is 5.06. The van der Waals surface area contributed by atoms with E-state index >= 15 is 0 Å². The number of guanidine groups is 1. The van der Waals surface area contributed by atoms with Gasteiger partial charge < -0.3 is 16.0 Å². The smallest absolute Gasteiger partial charge is 0.251 e. The highest BCUT2D eigenvalue weighted by Crippen LogP contribution is 2.08. The van der Waals surface area contributed by atoms with Gasteiger partial charge in [0.05, 0.1) is 6.54 Å². The van der Waals surface area contributed by atoms with E-state index in [1.807, 2.05) is 30.3 Å². The molecule has 0 spiro atoms. The summed E-state index contributed by atoms with van der Waals surface area (Å²) in [5.74, 6) is 0.709. The number of aliphatic imine (C=N–C) groups is 1. The van der Waals surface area contributed by atoms with E-state index in [0.717, 1.165) is 37.6 Å². The number of nitrogens with zero attached hydrogens (tertiary/aromatic N) is 2. The predicted molar refractivity (Wildman–Crippen MR) is 125 cm³/mol. The first kappa shape index (κ1) is 23.4. The van der Waals surface area contributed by atoms with Crippen LogP contribution < -0.4 is 16.0 Å². The second-order valence-corrected chi connectivity index (χ2v) is 7.44. The first-order valence-corrected chi connectivity index (χ1v) is 10.6. The van der Waals surface area contributed by atoms with Crippen molar-refractivity contribution in [1.82, 2.24) is 20.9 Å². The van der Waals surface area contributed by atoms with E-state index in [4.69, 9.17) is 0 Å². The minimum Gasteiger partial charge on any atom is -0.357 e. The van der Waals surface area contributed by atoms with Gasteiger partial charge in [-0.05, 0) is 50.6 Å². The monoisotopic (exact) mass is 409 g/mol. The average molecular weight is 410 g/mol. The van der Waals surface area contributed by atoms with Crippen molar-refractivity contribution < 1.29 is 4.79 Å². The maximum atomic E-state index is 11.8. The molecule has 2 rings (SSSR count). The minimum atomic E-state index is -0.0838. The molecule has 0 bridgehead atoms. The van der Waals surface area contributed by atoms with Crippen LogP contribution in [0.3, 0.4) is 0 Å². The molecule has 30 heavy (non-hydrogen) atoms. The van der Waals surface area contributed by atoms with Crippen LogP contribution in [0.2, 0.25) is 0 Å². The van der Waals surface area contributed by atoms with Gasteiger partial charge in [0, 0.05) is 38.3 Å². The summed E-state index contributed by atoms with van der Waals surface area (Å²) in [4.78, 5) is 18.8. The standard InChI is InChI=1S/C24H35N5O/c1-5-26-24(28-17-21-12-9-13-22(16-21)23(30)25-3)27-15-14-19(2)29(4)18-20-10-7-6-8-11-20/h6-13,16,19H,5,14-15,17-18H2,1-4H3,(H,25,30)(H2,26,27,28). The molecule has 162 valence electrons. The second-order valence-electron chi connectivity index (χ2n) is 7.44. The van der Waals surface area contributed by atoms with Gasteiger partial charge >= 0.3 is 0 Å². The molecular weight excluding hydrogens is 374 g/mol. The van der Waals surface area contributed by atoms with Crippen LogP contribution in [0, 0.1) is 0 Å². The van der Waals surface area contributed by atoms with E-state index in [1.54, 1.807) is 7.05 Å². The summed E-state index contributed by atoms with van der Waals surface area (Å²) in [6, 6.07) is 18.6. The fourth-order valence-electron chi connectivity index (χ4n) is 3.11. The van der Waals surface area contributed by atoms with E-state index in [0.29, 0.717) is 18.2 Å². The highest BCUT2D eigenvalue weighted by molar-refractivity contribution is 5.94. The normalized spacial score (nSPS) is 12.5. The first-order chi connectivity index (χ1) is 14.5. The predicted octanol–water partition coefficient (Wildman–Crippen LogP) is 3.01. The minimum absolute atomic E-state index is 0.0838. The lowest BCUT2D eigenvalue weighted by Gasteiger charge is -2.25. The Morgan fingerprint density at radius 1 is 1.07 bits per heavy atom. The Kier molecular flexibility index (Phi) is 9.87. The first-order valence-electron chi connectivity index (χ1n) is 10.6. The molecule has 0 aromatic heterocycles. The zero-order valence-corrected chi connectivity index (χ0v) is 18.6. The van der Waals surface area contributed by atoms with Crippen molar-refractivity contribution in [2.75, 3.05) is 27.2 Å². The van der Waals surface area contributed by atoms with E-state index in [9.17, 15) is 4.79 Å². The molecule has 6 nitrogen and oxygen atoms in total. The Hall–Kier alpha value is -2.86. The van der Waals surface area contributed by atoms with Crippen molar-refractivity contribution in [1.29, 1.82) is 0 Å². The van der Waals surface area contributed by atoms with Gasteiger partial charge in [-0.25, -0.2) is 4.99 Å². The molecule has 0 heterocycles. The van der Waals surface area contributed by atoms with Crippen molar-refractivity contribution in [3.05, 3.63) is 71.3 Å². The number of nitrogens with one attached hydrogen (secondary N) is 3. The van der Waals surface area contributed by atoms with Gasteiger partial charge in [0.1, 0.15) is 0 Å². The number of hydrogen-bond acceptors (Lipinski definition) is 3. The molecule has 2 aromatic carbocycles. The fraction of sp³-hybridized carbons (Fsp3) is 0.417. The maximum Gasteiger partial charge on any atom is 0.251 e. The van der Waals surface area contributed by atoms with E-state index in [-0.39, 0.29) is 5.91 Å². The van der Waals surface area contributed by atoms with Gasteiger partial charge in [0.2, 0.25) is 0 Å². The Labute approximate surface area is 180 Å². The van der Waals surface area contributed by atoms with Gasteiger partial charge in [-0.15, -0.1) is 0 Å². The van der Waals surface area contributed by atoms with Gasteiger partial charge in [0.15, 0.2) is 5.96 Å². The van der Waals surface area contributed by atoms with Crippen LogP contribution in [0.1, 0.15) is 41.8 Å². The Morgan fingerprint density at radius 3 is 2.50 bits per heavy atom. The number of rotatable bonds is 10. The van der Waals surface area contributed by atoms with Crippen LogP contribution in [-0.2, 0) is 13.1 Å². The van der Waals surface area contributed by atoms with Crippen molar-refractivity contribution in [3.8, 4) is 0 Å². The molecule has 0 fully saturated rings.